The standard InChI is InChI=1S/C16H19N3S/c1-11-4-2-3-5-13(11)10-20-16-18-17-15(12-6-7-12)19(16)14-8-9-14/h2-5,12,14H,6-10H2,1H3. The van der Waals surface area contributed by atoms with Crippen LogP contribution in [0.5, 0.6) is 0 Å². The van der Waals surface area contributed by atoms with Crippen molar-refractivity contribution in [1.82, 2.24) is 14.8 Å². The van der Waals surface area contributed by atoms with E-state index in [1.807, 2.05) is 11.8 Å². The third-order valence-corrected chi connectivity index (χ3v) is 5.16. The average Bonchev–Trinajstić information content (AvgIpc) is 3.37. The molecule has 4 rings (SSSR count). The first-order valence-electron chi connectivity index (χ1n) is 7.45. The van der Waals surface area contributed by atoms with Crippen molar-refractivity contribution < 1.29 is 0 Å². The molecule has 1 aromatic heterocycles. The van der Waals surface area contributed by atoms with E-state index < -0.39 is 0 Å². The Kier molecular flexibility index (Phi) is 3.06. The molecule has 20 heavy (non-hydrogen) atoms. The summed E-state index contributed by atoms with van der Waals surface area (Å²) in [5.41, 5.74) is 2.76. The Morgan fingerprint density at radius 2 is 1.95 bits per heavy atom. The molecule has 2 aliphatic carbocycles. The molecule has 1 aromatic carbocycles. The molecular formula is C16H19N3S. The second-order valence-corrected chi connectivity index (χ2v) is 6.87. The molecule has 0 unspecified atom stereocenters. The number of nitrogens with zero attached hydrogens (tertiary/aromatic N) is 3. The van der Waals surface area contributed by atoms with Gasteiger partial charge in [0.15, 0.2) is 5.16 Å². The smallest absolute Gasteiger partial charge is 0.191 e. The second kappa shape index (κ2) is 4.92. The van der Waals surface area contributed by atoms with Gasteiger partial charge in [0.1, 0.15) is 5.82 Å². The molecule has 0 saturated heterocycles. The molecule has 0 N–H and O–H groups in total. The van der Waals surface area contributed by atoms with Crippen LogP contribution in [0.15, 0.2) is 29.4 Å². The van der Waals surface area contributed by atoms with Crippen LogP contribution in [0.2, 0.25) is 0 Å². The number of benzene rings is 1. The first kappa shape index (κ1) is 12.5. The van der Waals surface area contributed by atoms with Crippen molar-refractivity contribution in [2.45, 2.75) is 55.5 Å². The van der Waals surface area contributed by atoms with Crippen LogP contribution in [-0.2, 0) is 5.75 Å². The predicted molar refractivity (Wildman–Crippen MR) is 81.0 cm³/mol. The maximum atomic E-state index is 4.47. The first-order valence-corrected chi connectivity index (χ1v) is 8.43. The van der Waals surface area contributed by atoms with Crippen molar-refractivity contribution in [2.24, 2.45) is 0 Å². The quantitative estimate of drug-likeness (QED) is 0.775. The highest BCUT2D eigenvalue weighted by atomic mass is 32.2. The zero-order chi connectivity index (χ0) is 13.5. The van der Waals surface area contributed by atoms with E-state index in [-0.39, 0.29) is 0 Å². The maximum Gasteiger partial charge on any atom is 0.191 e. The van der Waals surface area contributed by atoms with Crippen LogP contribution in [0.1, 0.15) is 54.6 Å². The molecule has 104 valence electrons. The number of aryl methyl sites for hydroxylation is 1. The lowest BCUT2D eigenvalue weighted by Gasteiger charge is -2.09. The van der Waals surface area contributed by atoms with Crippen LogP contribution < -0.4 is 0 Å². The summed E-state index contributed by atoms with van der Waals surface area (Å²) >= 11 is 1.84. The van der Waals surface area contributed by atoms with Gasteiger partial charge in [0, 0.05) is 17.7 Å². The highest BCUT2D eigenvalue weighted by Crippen LogP contribution is 2.46. The molecule has 3 nitrogen and oxygen atoms in total. The van der Waals surface area contributed by atoms with Gasteiger partial charge in [0.2, 0.25) is 0 Å². The zero-order valence-electron chi connectivity index (χ0n) is 11.7. The monoisotopic (exact) mass is 285 g/mol. The highest BCUT2D eigenvalue weighted by Gasteiger charge is 2.36. The summed E-state index contributed by atoms with van der Waals surface area (Å²) in [6.07, 6.45) is 5.20. The molecule has 4 heteroatoms. The summed E-state index contributed by atoms with van der Waals surface area (Å²) in [5, 5.41) is 10.0. The Morgan fingerprint density at radius 1 is 1.15 bits per heavy atom. The van der Waals surface area contributed by atoms with Gasteiger partial charge in [-0.1, -0.05) is 36.0 Å². The average molecular weight is 285 g/mol. The van der Waals surface area contributed by atoms with Gasteiger partial charge in [-0.05, 0) is 43.7 Å². The number of hydrogen-bond acceptors (Lipinski definition) is 3. The second-order valence-electron chi connectivity index (χ2n) is 5.93. The summed E-state index contributed by atoms with van der Waals surface area (Å²) in [5.74, 6) is 2.93. The van der Waals surface area contributed by atoms with Gasteiger partial charge in [0.25, 0.3) is 0 Å². The summed E-state index contributed by atoms with van der Waals surface area (Å²) < 4.78 is 2.43. The fourth-order valence-electron chi connectivity index (χ4n) is 2.60. The molecule has 1 heterocycles. The van der Waals surface area contributed by atoms with Crippen LogP contribution in [-0.4, -0.2) is 14.8 Å². The van der Waals surface area contributed by atoms with Gasteiger partial charge in [-0.3, -0.25) is 0 Å². The van der Waals surface area contributed by atoms with Crippen molar-refractivity contribution in [3.63, 3.8) is 0 Å². The summed E-state index contributed by atoms with van der Waals surface area (Å²) in [7, 11) is 0. The fraction of sp³-hybridized carbons (Fsp3) is 0.500. The normalized spacial score (nSPS) is 18.4. The van der Waals surface area contributed by atoms with Crippen LogP contribution >= 0.6 is 11.8 Å². The SMILES string of the molecule is Cc1ccccc1CSc1nnc(C2CC2)n1C1CC1. The van der Waals surface area contributed by atoms with Gasteiger partial charge in [0.05, 0.1) is 0 Å². The van der Waals surface area contributed by atoms with Crippen molar-refractivity contribution >= 4 is 11.8 Å². The van der Waals surface area contributed by atoms with Crippen LogP contribution in [0, 0.1) is 6.92 Å². The summed E-state index contributed by atoms with van der Waals surface area (Å²) in [4.78, 5) is 0. The molecule has 2 saturated carbocycles. The Balaban J connectivity index is 1.55. The van der Waals surface area contributed by atoms with Crippen molar-refractivity contribution in [2.75, 3.05) is 0 Å². The summed E-state index contributed by atoms with van der Waals surface area (Å²) in [6, 6.07) is 9.28. The molecule has 0 amide bonds. The lowest BCUT2D eigenvalue weighted by atomic mass is 10.1. The number of aromatic nitrogens is 3. The topological polar surface area (TPSA) is 30.7 Å². The lowest BCUT2D eigenvalue weighted by Crippen LogP contribution is -2.02. The van der Waals surface area contributed by atoms with Crippen LogP contribution in [0.25, 0.3) is 0 Å². The number of hydrogen-bond donors (Lipinski definition) is 0. The van der Waals surface area contributed by atoms with Crippen LogP contribution in [0.3, 0.4) is 0 Å². The Hall–Kier alpha value is -1.29. The zero-order valence-corrected chi connectivity index (χ0v) is 12.6. The molecular weight excluding hydrogens is 266 g/mol. The molecule has 0 radical (unpaired) electrons. The van der Waals surface area contributed by atoms with Crippen LogP contribution in [0.4, 0.5) is 0 Å². The minimum atomic E-state index is 0.681. The van der Waals surface area contributed by atoms with E-state index in [1.165, 1.54) is 42.6 Å². The molecule has 0 bridgehead atoms. The molecule has 2 fully saturated rings. The van der Waals surface area contributed by atoms with E-state index in [4.69, 9.17) is 0 Å². The largest absolute Gasteiger partial charge is 0.303 e. The fourth-order valence-corrected chi connectivity index (χ4v) is 3.69. The van der Waals surface area contributed by atoms with Crippen molar-refractivity contribution in [1.29, 1.82) is 0 Å². The molecule has 0 atom stereocenters. The summed E-state index contributed by atoms with van der Waals surface area (Å²) in [6.45, 7) is 2.18. The van der Waals surface area contributed by atoms with Gasteiger partial charge >= 0.3 is 0 Å². The van der Waals surface area contributed by atoms with E-state index in [2.05, 4.69) is 46.0 Å². The van der Waals surface area contributed by atoms with E-state index in [0.717, 1.165) is 10.9 Å². The lowest BCUT2D eigenvalue weighted by molar-refractivity contribution is 0.627. The Morgan fingerprint density at radius 3 is 2.65 bits per heavy atom. The molecule has 0 aliphatic heterocycles. The van der Waals surface area contributed by atoms with Gasteiger partial charge < -0.3 is 4.57 Å². The third-order valence-electron chi connectivity index (χ3n) is 4.16. The Labute approximate surface area is 123 Å². The van der Waals surface area contributed by atoms with E-state index in [9.17, 15) is 0 Å². The van der Waals surface area contributed by atoms with E-state index >= 15 is 0 Å². The predicted octanol–water partition coefficient (Wildman–Crippen LogP) is 4.09. The van der Waals surface area contributed by atoms with Crippen molar-refractivity contribution in [3.8, 4) is 0 Å². The van der Waals surface area contributed by atoms with Gasteiger partial charge in [-0.25, -0.2) is 0 Å². The first-order chi connectivity index (χ1) is 9.83. The maximum absolute atomic E-state index is 4.47. The van der Waals surface area contributed by atoms with Gasteiger partial charge in [-0.2, -0.15) is 0 Å². The molecule has 2 aliphatic rings. The van der Waals surface area contributed by atoms with Crippen molar-refractivity contribution in [3.05, 3.63) is 41.2 Å². The van der Waals surface area contributed by atoms with Gasteiger partial charge in [-0.15, -0.1) is 10.2 Å². The highest BCUT2D eigenvalue weighted by molar-refractivity contribution is 7.98. The Bertz CT molecular complexity index is 626. The number of thioether (sulfide) groups is 1. The number of rotatable bonds is 5. The minimum Gasteiger partial charge on any atom is -0.303 e. The minimum absolute atomic E-state index is 0.681. The third kappa shape index (κ3) is 2.37. The van der Waals surface area contributed by atoms with E-state index in [0.29, 0.717) is 12.0 Å². The van der Waals surface area contributed by atoms with E-state index in [1.54, 1.807) is 0 Å². The molecule has 2 aromatic rings. The molecule has 0 spiro atoms.